The van der Waals surface area contributed by atoms with Crippen molar-refractivity contribution in [3.63, 3.8) is 0 Å². The maximum absolute atomic E-state index is 11.9. The smallest absolute Gasteiger partial charge is 0.358 e. The van der Waals surface area contributed by atoms with Crippen LogP contribution >= 0.6 is 0 Å². The fourth-order valence-corrected chi connectivity index (χ4v) is 1.91. The molecule has 0 aliphatic carbocycles. The Kier molecular flexibility index (Phi) is 4.15. The quantitative estimate of drug-likeness (QED) is 0.636. The Morgan fingerprint density at radius 2 is 2.05 bits per heavy atom. The van der Waals surface area contributed by atoms with Gasteiger partial charge in [-0.2, -0.15) is 17.9 Å². The molecule has 1 heterocycles. The molecule has 0 radical (unpaired) electrons. The molecule has 0 atom stereocenters. The second-order valence-electron chi connectivity index (χ2n) is 3.60. The summed E-state index contributed by atoms with van der Waals surface area (Å²) in [5.41, 5.74) is 0. The Bertz CT molecular complexity index is 580. The van der Waals surface area contributed by atoms with Crippen molar-refractivity contribution in [2.24, 2.45) is 5.14 Å². The number of halogens is 3. The van der Waals surface area contributed by atoms with Gasteiger partial charge in [0.25, 0.3) is 0 Å². The highest BCUT2D eigenvalue weighted by atomic mass is 32.2. The van der Waals surface area contributed by atoms with Crippen molar-refractivity contribution >= 4 is 15.8 Å². The summed E-state index contributed by atoms with van der Waals surface area (Å²) in [7, 11) is -4.36. The van der Waals surface area contributed by atoms with Crippen LogP contribution in [0.4, 0.5) is 19.0 Å². The number of aromatic nitrogens is 2. The van der Waals surface area contributed by atoms with E-state index in [1.807, 2.05) is 0 Å². The number of nitrogens with zero attached hydrogens (tertiary/aromatic N) is 3. The Hall–Kier alpha value is -1.69. The fourth-order valence-electron chi connectivity index (χ4n) is 1.28. The van der Waals surface area contributed by atoms with Crippen molar-refractivity contribution in [1.29, 1.82) is 0 Å². The number of primary sulfonamides is 1. The van der Waals surface area contributed by atoms with Crippen LogP contribution in [0.5, 0.6) is 0 Å². The van der Waals surface area contributed by atoms with E-state index in [2.05, 4.69) is 5.10 Å². The topological polar surface area (TPSA) is 121 Å². The van der Waals surface area contributed by atoms with Crippen LogP contribution in [0.15, 0.2) is 11.1 Å². The predicted octanol–water partition coefficient (Wildman–Crippen LogP) is 0.781. The molecule has 0 saturated heterocycles. The van der Waals surface area contributed by atoms with Gasteiger partial charge in [0, 0.05) is 6.42 Å². The minimum absolute atomic E-state index is 0.310. The van der Waals surface area contributed by atoms with E-state index >= 15 is 0 Å². The largest absolute Gasteiger partial charge is 0.410 e. The van der Waals surface area contributed by atoms with Crippen molar-refractivity contribution in [3.8, 4) is 0 Å². The van der Waals surface area contributed by atoms with Crippen molar-refractivity contribution < 1.29 is 26.5 Å². The number of rotatable bonds is 5. The van der Waals surface area contributed by atoms with Crippen LogP contribution in [0.1, 0.15) is 12.8 Å². The molecule has 1 aromatic heterocycles. The summed E-state index contributed by atoms with van der Waals surface area (Å²) in [6, 6.07) is 0. The average molecular weight is 302 g/mol. The highest BCUT2D eigenvalue weighted by Gasteiger charge is 2.30. The number of hydrogen-bond acceptors (Lipinski definition) is 5. The Labute approximate surface area is 105 Å². The van der Waals surface area contributed by atoms with E-state index in [-0.39, 0.29) is 13.0 Å². The zero-order chi connectivity index (χ0) is 14.8. The lowest BCUT2D eigenvalue weighted by Gasteiger charge is -2.03. The lowest BCUT2D eigenvalue weighted by molar-refractivity contribution is -0.392. The Morgan fingerprint density at radius 3 is 2.42 bits per heavy atom. The van der Waals surface area contributed by atoms with E-state index in [0.29, 0.717) is 0 Å². The summed E-state index contributed by atoms with van der Waals surface area (Å²) in [6.45, 7) is -0.310. The number of nitro groups is 1. The van der Waals surface area contributed by atoms with Crippen LogP contribution in [-0.4, -0.2) is 29.3 Å². The number of sulfonamides is 1. The number of hydrogen-bond donors (Lipinski definition) is 1. The standard InChI is InChI=1S/C7H9F3N4O4S/c8-7(9,10)2-1-3-13-4-5(19(11,17)18)6(12-13)14(15)16/h4H,1-3H2,(H2,11,17,18). The molecule has 0 unspecified atom stereocenters. The molecule has 0 aliphatic heterocycles. The molecule has 0 saturated carbocycles. The molecule has 2 N–H and O–H groups in total. The van der Waals surface area contributed by atoms with Crippen LogP contribution in [0, 0.1) is 10.1 Å². The van der Waals surface area contributed by atoms with Gasteiger partial charge in [0.15, 0.2) is 0 Å². The summed E-state index contributed by atoms with van der Waals surface area (Å²) in [6.07, 6.45) is -5.11. The van der Waals surface area contributed by atoms with Crippen LogP contribution in [0.2, 0.25) is 0 Å². The Balaban J connectivity index is 2.91. The molecule has 0 aromatic carbocycles. The molecule has 0 spiro atoms. The van der Waals surface area contributed by atoms with Crippen molar-refractivity contribution in [2.75, 3.05) is 0 Å². The summed E-state index contributed by atoms with van der Waals surface area (Å²) < 4.78 is 58.6. The molecule has 108 valence electrons. The van der Waals surface area contributed by atoms with Gasteiger partial charge in [-0.05, 0) is 11.3 Å². The van der Waals surface area contributed by atoms with Gasteiger partial charge < -0.3 is 10.1 Å². The first-order valence-corrected chi connectivity index (χ1v) is 6.37. The molecule has 8 nitrogen and oxygen atoms in total. The highest BCUT2D eigenvalue weighted by Crippen LogP contribution is 2.23. The first-order chi connectivity index (χ1) is 8.50. The zero-order valence-electron chi connectivity index (χ0n) is 9.29. The van der Waals surface area contributed by atoms with Crippen LogP contribution in [-0.2, 0) is 16.6 Å². The van der Waals surface area contributed by atoms with Gasteiger partial charge in [-0.3, -0.25) is 0 Å². The van der Waals surface area contributed by atoms with Crippen LogP contribution in [0.3, 0.4) is 0 Å². The second kappa shape index (κ2) is 5.13. The van der Waals surface area contributed by atoms with E-state index in [0.717, 1.165) is 10.9 Å². The van der Waals surface area contributed by atoms with Gasteiger partial charge in [0.2, 0.25) is 14.9 Å². The van der Waals surface area contributed by atoms with Gasteiger partial charge in [0.1, 0.15) is 0 Å². The molecule has 0 aliphatic rings. The SMILES string of the molecule is NS(=O)(=O)c1cn(CCCC(F)(F)F)nc1[N+](=O)[O-]. The third-order valence-electron chi connectivity index (χ3n) is 2.04. The molecular formula is C7H9F3N4O4S. The maximum Gasteiger partial charge on any atom is 0.410 e. The number of nitrogens with two attached hydrogens (primary N) is 1. The number of alkyl halides is 3. The molecule has 0 amide bonds. The van der Waals surface area contributed by atoms with Crippen molar-refractivity contribution in [1.82, 2.24) is 9.78 Å². The van der Waals surface area contributed by atoms with Gasteiger partial charge in [-0.25, -0.2) is 13.6 Å². The first kappa shape index (κ1) is 15.4. The lowest BCUT2D eigenvalue weighted by atomic mass is 10.3. The molecule has 1 rings (SSSR count). The van der Waals surface area contributed by atoms with Crippen LogP contribution < -0.4 is 5.14 Å². The monoisotopic (exact) mass is 302 g/mol. The molecule has 19 heavy (non-hydrogen) atoms. The van der Waals surface area contributed by atoms with E-state index in [4.69, 9.17) is 5.14 Å². The van der Waals surface area contributed by atoms with Crippen molar-refractivity contribution in [3.05, 3.63) is 16.3 Å². The zero-order valence-corrected chi connectivity index (χ0v) is 10.1. The van der Waals surface area contributed by atoms with Gasteiger partial charge in [-0.1, -0.05) is 0 Å². The predicted molar refractivity (Wildman–Crippen MR) is 55.5 cm³/mol. The summed E-state index contributed by atoms with van der Waals surface area (Å²) in [4.78, 5) is 8.65. The minimum Gasteiger partial charge on any atom is -0.358 e. The first-order valence-electron chi connectivity index (χ1n) is 4.82. The molecular weight excluding hydrogens is 293 g/mol. The normalized spacial score (nSPS) is 12.6. The van der Waals surface area contributed by atoms with Gasteiger partial charge in [-0.15, -0.1) is 0 Å². The minimum atomic E-state index is -4.36. The maximum atomic E-state index is 11.9. The molecule has 0 fully saturated rings. The van der Waals surface area contributed by atoms with E-state index < -0.39 is 38.3 Å². The third-order valence-corrected chi connectivity index (χ3v) is 2.94. The van der Waals surface area contributed by atoms with E-state index in [1.54, 1.807) is 0 Å². The highest BCUT2D eigenvalue weighted by molar-refractivity contribution is 7.89. The fraction of sp³-hybridized carbons (Fsp3) is 0.571. The van der Waals surface area contributed by atoms with E-state index in [1.165, 1.54) is 0 Å². The second-order valence-corrected chi connectivity index (χ2v) is 5.13. The molecule has 1 aromatic rings. The van der Waals surface area contributed by atoms with E-state index in [9.17, 15) is 31.7 Å². The van der Waals surface area contributed by atoms with Gasteiger partial charge >= 0.3 is 12.0 Å². The summed E-state index contributed by atoms with van der Waals surface area (Å²) >= 11 is 0. The van der Waals surface area contributed by atoms with Gasteiger partial charge in [0.05, 0.1) is 17.8 Å². The molecule has 12 heteroatoms. The summed E-state index contributed by atoms with van der Waals surface area (Å²) in [5.74, 6) is -1.01. The third kappa shape index (κ3) is 4.48. The number of aryl methyl sites for hydroxylation is 1. The van der Waals surface area contributed by atoms with Crippen LogP contribution in [0.25, 0.3) is 0 Å². The lowest BCUT2D eigenvalue weighted by Crippen LogP contribution is -2.13. The molecule has 0 bridgehead atoms. The Morgan fingerprint density at radius 1 is 1.47 bits per heavy atom. The van der Waals surface area contributed by atoms with Crippen molar-refractivity contribution in [2.45, 2.75) is 30.5 Å². The summed E-state index contributed by atoms with van der Waals surface area (Å²) in [5, 5.41) is 18.6. The average Bonchev–Trinajstić information content (AvgIpc) is 2.59.